The molecule has 0 saturated heterocycles. The highest BCUT2D eigenvalue weighted by Gasteiger charge is 2.11. The van der Waals surface area contributed by atoms with Gasteiger partial charge in [-0.15, -0.1) is 0 Å². The van der Waals surface area contributed by atoms with Crippen LogP contribution in [0, 0.1) is 0 Å². The molecule has 0 aliphatic heterocycles. The van der Waals surface area contributed by atoms with E-state index < -0.39 is 0 Å². The molecule has 2 rings (SSSR count). The van der Waals surface area contributed by atoms with Gasteiger partial charge in [0.05, 0.1) is 0 Å². The second-order valence-corrected chi connectivity index (χ2v) is 5.90. The molecule has 2 N–H and O–H groups in total. The SMILES string of the molecule is CCC(CSC)NC(=O)CCc1c[nH]c2ccccc12. The van der Waals surface area contributed by atoms with Crippen molar-refractivity contribution in [2.24, 2.45) is 0 Å². The Morgan fingerprint density at radius 1 is 1.40 bits per heavy atom. The van der Waals surface area contributed by atoms with Crippen molar-refractivity contribution < 1.29 is 4.79 Å². The van der Waals surface area contributed by atoms with Gasteiger partial charge >= 0.3 is 0 Å². The molecule has 1 atom stereocenters. The lowest BCUT2D eigenvalue weighted by molar-refractivity contribution is -0.121. The Hall–Kier alpha value is -1.42. The van der Waals surface area contributed by atoms with Gasteiger partial charge in [0.2, 0.25) is 5.91 Å². The Kier molecular flexibility index (Phi) is 5.53. The largest absolute Gasteiger partial charge is 0.361 e. The fourth-order valence-electron chi connectivity index (χ4n) is 2.35. The van der Waals surface area contributed by atoms with Crippen LogP contribution >= 0.6 is 11.8 Å². The number of nitrogens with one attached hydrogen (secondary N) is 2. The summed E-state index contributed by atoms with van der Waals surface area (Å²) in [6.45, 7) is 2.11. The number of carbonyl (C=O) groups is 1. The van der Waals surface area contributed by atoms with Gasteiger partial charge in [0, 0.05) is 35.3 Å². The first-order chi connectivity index (χ1) is 9.74. The molecular formula is C16H22N2OS. The number of amides is 1. The van der Waals surface area contributed by atoms with Crippen molar-refractivity contribution in [3.63, 3.8) is 0 Å². The van der Waals surface area contributed by atoms with Crippen LogP contribution in [-0.4, -0.2) is 28.9 Å². The molecule has 20 heavy (non-hydrogen) atoms. The smallest absolute Gasteiger partial charge is 0.220 e. The Morgan fingerprint density at radius 3 is 2.95 bits per heavy atom. The summed E-state index contributed by atoms with van der Waals surface area (Å²) in [5.74, 6) is 1.13. The molecule has 0 radical (unpaired) electrons. The molecule has 0 fully saturated rings. The number of hydrogen-bond acceptors (Lipinski definition) is 2. The number of aromatic amines is 1. The summed E-state index contributed by atoms with van der Waals surface area (Å²) in [5.41, 5.74) is 2.35. The van der Waals surface area contributed by atoms with Crippen LogP contribution in [0.3, 0.4) is 0 Å². The fourth-order valence-corrected chi connectivity index (χ4v) is 3.07. The third kappa shape index (κ3) is 3.79. The molecule has 108 valence electrons. The predicted octanol–water partition coefficient (Wildman–Crippen LogP) is 3.36. The normalized spacial score (nSPS) is 12.5. The van der Waals surface area contributed by atoms with Gasteiger partial charge in [-0.1, -0.05) is 25.1 Å². The maximum atomic E-state index is 12.0. The lowest BCUT2D eigenvalue weighted by Crippen LogP contribution is -2.36. The van der Waals surface area contributed by atoms with Gasteiger partial charge in [-0.25, -0.2) is 0 Å². The molecule has 0 saturated carbocycles. The Balaban J connectivity index is 1.90. The van der Waals surface area contributed by atoms with Crippen molar-refractivity contribution in [3.8, 4) is 0 Å². The fraction of sp³-hybridized carbons (Fsp3) is 0.438. The number of benzene rings is 1. The van der Waals surface area contributed by atoms with Gasteiger partial charge in [-0.05, 0) is 30.7 Å². The summed E-state index contributed by atoms with van der Waals surface area (Å²) in [6, 6.07) is 8.50. The highest BCUT2D eigenvalue weighted by molar-refractivity contribution is 7.98. The molecule has 3 nitrogen and oxygen atoms in total. The van der Waals surface area contributed by atoms with E-state index in [1.807, 2.05) is 18.3 Å². The topological polar surface area (TPSA) is 44.9 Å². The van der Waals surface area contributed by atoms with Crippen molar-refractivity contribution in [2.45, 2.75) is 32.2 Å². The van der Waals surface area contributed by atoms with E-state index in [-0.39, 0.29) is 5.91 Å². The van der Waals surface area contributed by atoms with E-state index >= 15 is 0 Å². The minimum absolute atomic E-state index is 0.149. The molecule has 2 aromatic rings. The van der Waals surface area contributed by atoms with Crippen molar-refractivity contribution in [3.05, 3.63) is 36.0 Å². The van der Waals surface area contributed by atoms with Gasteiger partial charge < -0.3 is 10.3 Å². The van der Waals surface area contributed by atoms with E-state index in [1.54, 1.807) is 11.8 Å². The van der Waals surface area contributed by atoms with Crippen molar-refractivity contribution in [1.82, 2.24) is 10.3 Å². The van der Waals surface area contributed by atoms with Gasteiger partial charge in [0.1, 0.15) is 0 Å². The van der Waals surface area contributed by atoms with Crippen molar-refractivity contribution in [1.29, 1.82) is 0 Å². The lowest BCUT2D eigenvalue weighted by Gasteiger charge is -2.15. The van der Waals surface area contributed by atoms with Crippen LogP contribution in [0.15, 0.2) is 30.5 Å². The second kappa shape index (κ2) is 7.39. The van der Waals surface area contributed by atoms with Gasteiger partial charge in [0.25, 0.3) is 0 Å². The highest BCUT2D eigenvalue weighted by Crippen LogP contribution is 2.18. The summed E-state index contributed by atoms with van der Waals surface area (Å²) in [5, 5.41) is 4.33. The van der Waals surface area contributed by atoms with Gasteiger partial charge in [0.15, 0.2) is 0 Å². The van der Waals surface area contributed by atoms with Gasteiger partial charge in [-0.3, -0.25) is 4.79 Å². The molecule has 1 amide bonds. The minimum Gasteiger partial charge on any atom is -0.361 e. The number of H-pyrrole nitrogens is 1. The Morgan fingerprint density at radius 2 is 2.20 bits per heavy atom. The van der Waals surface area contributed by atoms with E-state index in [1.165, 1.54) is 10.9 Å². The standard InChI is InChI=1S/C16H22N2OS/c1-3-13(11-20-2)18-16(19)9-8-12-10-17-15-7-5-4-6-14(12)15/h4-7,10,13,17H,3,8-9,11H2,1-2H3,(H,18,19). The zero-order valence-corrected chi connectivity index (χ0v) is 12.9. The summed E-state index contributed by atoms with van der Waals surface area (Å²) >= 11 is 1.77. The van der Waals surface area contributed by atoms with Crippen molar-refractivity contribution >= 4 is 28.6 Å². The van der Waals surface area contributed by atoms with E-state index in [0.717, 1.165) is 24.1 Å². The van der Waals surface area contributed by atoms with Crippen LogP contribution in [-0.2, 0) is 11.2 Å². The molecular weight excluding hydrogens is 268 g/mol. The molecule has 1 heterocycles. The molecule has 1 unspecified atom stereocenters. The lowest BCUT2D eigenvalue weighted by atomic mass is 10.1. The Bertz CT molecular complexity index is 564. The third-order valence-electron chi connectivity index (χ3n) is 3.52. The first kappa shape index (κ1) is 15.0. The maximum Gasteiger partial charge on any atom is 0.220 e. The van der Waals surface area contributed by atoms with Gasteiger partial charge in [-0.2, -0.15) is 11.8 Å². The summed E-state index contributed by atoms with van der Waals surface area (Å²) in [6.07, 6.45) is 6.40. The molecule has 0 spiro atoms. The molecule has 1 aromatic carbocycles. The average Bonchev–Trinajstić information content (AvgIpc) is 2.88. The van der Waals surface area contributed by atoms with E-state index in [0.29, 0.717) is 12.5 Å². The zero-order chi connectivity index (χ0) is 14.4. The average molecular weight is 290 g/mol. The van der Waals surface area contributed by atoms with Crippen LogP contribution in [0.2, 0.25) is 0 Å². The third-order valence-corrected chi connectivity index (χ3v) is 4.26. The molecule has 0 aliphatic rings. The monoisotopic (exact) mass is 290 g/mol. The van der Waals surface area contributed by atoms with Crippen molar-refractivity contribution in [2.75, 3.05) is 12.0 Å². The molecule has 0 bridgehead atoms. The van der Waals surface area contributed by atoms with E-state index in [9.17, 15) is 4.79 Å². The summed E-state index contributed by atoms with van der Waals surface area (Å²) in [4.78, 5) is 15.2. The number of rotatable bonds is 7. The zero-order valence-electron chi connectivity index (χ0n) is 12.1. The number of aromatic nitrogens is 1. The number of para-hydroxylation sites is 1. The van der Waals surface area contributed by atoms with Crippen LogP contribution in [0.5, 0.6) is 0 Å². The van der Waals surface area contributed by atoms with E-state index in [2.05, 4.69) is 35.6 Å². The minimum atomic E-state index is 0.149. The Labute approximate surface area is 124 Å². The number of fused-ring (bicyclic) bond motifs is 1. The number of aryl methyl sites for hydroxylation is 1. The van der Waals surface area contributed by atoms with Crippen LogP contribution in [0.4, 0.5) is 0 Å². The van der Waals surface area contributed by atoms with Crippen LogP contribution in [0.1, 0.15) is 25.3 Å². The second-order valence-electron chi connectivity index (χ2n) is 4.99. The first-order valence-electron chi connectivity index (χ1n) is 7.08. The highest BCUT2D eigenvalue weighted by atomic mass is 32.2. The summed E-state index contributed by atoms with van der Waals surface area (Å²) in [7, 11) is 0. The molecule has 0 aliphatic carbocycles. The van der Waals surface area contributed by atoms with Crippen LogP contribution in [0.25, 0.3) is 10.9 Å². The quantitative estimate of drug-likeness (QED) is 0.821. The van der Waals surface area contributed by atoms with Crippen LogP contribution < -0.4 is 5.32 Å². The summed E-state index contributed by atoms with van der Waals surface area (Å²) < 4.78 is 0. The number of carbonyl (C=O) groups excluding carboxylic acids is 1. The molecule has 1 aromatic heterocycles. The predicted molar refractivity (Wildman–Crippen MR) is 87.2 cm³/mol. The van der Waals surface area contributed by atoms with E-state index in [4.69, 9.17) is 0 Å². The molecule has 4 heteroatoms. The first-order valence-corrected chi connectivity index (χ1v) is 8.47. The number of thioether (sulfide) groups is 1. The maximum absolute atomic E-state index is 12.0. The number of hydrogen-bond donors (Lipinski definition) is 2.